The molecule has 0 bridgehead atoms. The summed E-state index contributed by atoms with van der Waals surface area (Å²) in [6.45, 7) is 5.97. The SMILES string of the molecule is CCCn1c(=O)c2nscc2n(CC(=O)N[C@H](C)CC)c1=O. The summed E-state index contributed by atoms with van der Waals surface area (Å²) in [5, 5.41) is 4.46. The predicted molar refractivity (Wildman–Crippen MR) is 86.3 cm³/mol. The molecule has 2 rings (SSSR count). The number of amides is 1. The van der Waals surface area contributed by atoms with Crippen LogP contribution in [0, 0.1) is 0 Å². The molecule has 0 saturated heterocycles. The number of carbonyl (C=O) groups excluding carboxylic acids is 1. The Kier molecular flexibility index (Phi) is 5.12. The largest absolute Gasteiger partial charge is 0.352 e. The normalized spacial score (nSPS) is 12.5. The first-order valence-electron chi connectivity index (χ1n) is 7.36. The fraction of sp³-hybridized carbons (Fsp3) is 0.571. The average Bonchev–Trinajstić information content (AvgIpc) is 2.97. The van der Waals surface area contributed by atoms with Crippen LogP contribution in [-0.2, 0) is 17.9 Å². The molecule has 7 nitrogen and oxygen atoms in total. The fourth-order valence-corrected chi connectivity index (χ4v) is 2.84. The number of nitrogens with one attached hydrogen (secondary N) is 1. The van der Waals surface area contributed by atoms with Gasteiger partial charge in [-0.15, -0.1) is 0 Å². The van der Waals surface area contributed by atoms with Crippen LogP contribution in [0.25, 0.3) is 11.0 Å². The molecule has 0 saturated carbocycles. The molecule has 1 atom stereocenters. The van der Waals surface area contributed by atoms with Gasteiger partial charge < -0.3 is 5.32 Å². The molecule has 0 spiro atoms. The van der Waals surface area contributed by atoms with E-state index in [0.717, 1.165) is 22.5 Å². The smallest absolute Gasteiger partial charge is 0.332 e. The Morgan fingerprint density at radius 1 is 1.36 bits per heavy atom. The lowest BCUT2D eigenvalue weighted by Crippen LogP contribution is -2.43. The molecule has 0 aliphatic carbocycles. The topological polar surface area (TPSA) is 86.0 Å². The van der Waals surface area contributed by atoms with Crippen LogP contribution >= 0.6 is 11.5 Å². The van der Waals surface area contributed by atoms with Gasteiger partial charge in [-0.05, 0) is 31.3 Å². The Morgan fingerprint density at radius 2 is 2.09 bits per heavy atom. The zero-order chi connectivity index (χ0) is 16.3. The third kappa shape index (κ3) is 3.11. The van der Waals surface area contributed by atoms with Crippen LogP contribution in [0.15, 0.2) is 15.0 Å². The van der Waals surface area contributed by atoms with Gasteiger partial charge in [-0.25, -0.2) is 4.79 Å². The van der Waals surface area contributed by atoms with E-state index < -0.39 is 5.69 Å². The number of carbonyl (C=O) groups is 1. The Hall–Kier alpha value is -1.96. The van der Waals surface area contributed by atoms with Crippen molar-refractivity contribution in [3.63, 3.8) is 0 Å². The Labute approximate surface area is 131 Å². The fourth-order valence-electron chi connectivity index (χ4n) is 2.17. The van der Waals surface area contributed by atoms with Gasteiger partial charge in [0, 0.05) is 18.0 Å². The number of aromatic nitrogens is 3. The van der Waals surface area contributed by atoms with Gasteiger partial charge in [-0.3, -0.25) is 18.7 Å². The Balaban J connectivity index is 2.49. The second kappa shape index (κ2) is 6.87. The van der Waals surface area contributed by atoms with Crippen molar-refractivity contribution >= 4 is 28.5 Å². The summed E-state index contributed by atoms with van der Waals surface area (Å²) in [5.41, 5.74) is -0.179. The molecule has 2 aromatic heterocycles. The van der Waals surface area contributed by atoms with Crippen LogP contribution in [0.4, 0.5) is 0 Å². The molecular weight excluding hydrogens is 304 g/mol. The minimum atomic E-state index is -0.459. The van der Waals surface area contributed by atoms with Crippen LogP contribution in [-0.4, -0.2) is 25.5 Å². The first-order chi connectivity index (χ1) is 10.5. The lowest BCUT2D eigenvalue weighted by molar-refractivity contribution is -0.122. The van der Waals surface area contributed by atoms with E-state index in [0.29, 0.717) is 18.5 Å². The quantitative estimate of drug-likeness (QED) is 0.857. The zero-order valence-electron chi connectivity index (χ0n) is 13.0. The second-order valence-electron chi connectivity index (χ2n) is 5.25. The summed E-state index contributed by atoms with van der Waals surface area (Å²) in [4.78, 5) is 36.8. The van der Waals surface area contributed by atoms with Gasteiger partial charge in [-0.1, -0.05) is 13.8 Å². The molecular formula is C14H20N4O3S. The van der Waals surface area contributed by atoms with E-state index in [1.165, 1.54) is 4.57 Å². The Bertz CT molecular complexity index is 789. The number of nitrogens with zero attached hydrogens (tertiary/aromatic N) is 3. The van der Waals surface area contributed by atoms with Gasteiger partial charge in [0.05, 0.1) is 5.52 Å². The number of hydrogen-bond donors (Lipinski definition) is 1. The molecule has 0 fully saturated rings. The van der Waals surface area contributed by atoms with Crippen molar-refractivity contribution in [2.75, 3.05) is 0 Å². The maximum atomic E-state index is 12.5. The highest BCUT2D eigenvalue weighted by Crippen LogP contribution is 2.09. The molecule has 0 radical (unpaired) electrons. The van der Waals surface area contributed by atoms with E-state index in [1.54, 1.807) is 5.38 Å². The lowest BCUT2D eigenvalue weighted by atomic mass is 10.2. The van der Waals surface area contributed by atoms with Crippen LogP contribution in [0.3, 0.4) is 0 Å². The van der Waals surface area contributed by atoms with Crippen molar-refractivity contribution < 1.29 is 4.79 Å². The minimum Gasteiger partial charge on any atom is -0.352 e. The molecule has 0 aromatic carbocycles. The molecule has 0 aliphatic heterocycles. The number of fused-ring (bicyclic) bond motifs is 1. The monoisotopic (exact) mass is 324 g/mol. The third-order valence-corrected chi connectivity index (χ3v) is 4.14. The molecule has 120 valence electrons. The lowest BCUT2D eigenvalue weighted by Gasteiger charge is -2.14. The molecule has 1 N–H and O–H groups in total. The first-order valence-corrected chi connectivity index (χ1v) is 8.20. The van der Waals surface area contributed by atoms with Gasteiger partial charge in [0.1, 0.15) is 6.54 Å². The van der Waals surface area contributed by atoms with E-state index >= 15 is 0 Å². The van der Waals surface area contributed by atoms with E-state index in [-0.39, 0.29) is 29.6 Å². The maximum absolute atomic E-state index is 12.5. The highest BCUT2D eigenvalue weighted by molar-refractivity contribution is 7.04. The highest BCUT2D eigenvalue weighted by Gasteiger charge is 2.17. The molecule has 2 heterocycles. The first kappa shape index (κ1) is 16.4. The van der Waals surface area contributed by atoms with Crippen molar-refractivity contribution in [3.8, 4) is 0 Å². The summed E-state index contributed by atoms with van der Waals surface area (Å²) in [5.74, 6) is -0.245. The number of rotatable bonds is 6. The van der Waals surface area contributed by atoms with Crippen molar-refractivity contribution in [3.05, 3.63) is 26.2 Å². The van der Waals surface area contributed by atoms with E-state index in [1.807, 2.05) is 20.8 Å². The molecule has 0 aliphatic rings. The number of hydrogen-bond acceptors (Lipinski definition) is 5. The minimum absolute atomic E-state index is 0.0424. The van der Waals surface area contributed by atoms with Gasteiger partial charge in [-0.2, -0.15) is 4.37 Å². The summed E-state index contributed by atoms with van der Waals surface area (Å²) >= 11 is 1.11. The summed E-state index contributed by atoms with van der Waals surface area (Å²) in [6, 6.07) is 0.0424. The Morgan fingerprint density at radius 3 is 2.73 bits per heavy atom. The standard InChI is InChI=1S/C14H20N4O3S/c1-4-6-17-13(20)12-10(8-22-16-12)18(14(17)21)7-11(19)15-9(3)5-2/h8-9H,4-7H2,1-3H3,(H,15,19)/t9-/m1/s1. The summed E-state index contributed by atoms with van der Waals surface area (Å²) in [7, 11) is 0. The maximum Gasteiger partial charge on any atom is 0.332 e. The van der Waals surface area contributed by atoms with Gasteiger partial charge in [0.15, 0.2) is 5.52 Å². The van der Waals surface area contributed by atoms with E-state index in [9.17, 15) is 14.4 Å². The predicted octanol–water partition coefficient (Wildman–Crippen LogP) is 0.944. The van der Waals surface area contributed by atoms with E-state index in [2.05, 4.69) is 9.69 Å². The van der Waals surface area contributed by atoms with Crippen LogP contribution in [0.5, 0.6) is 0 Å². The van der Waals surface area contributed by atoms with Crippen LogP contribution < -0.4 is 16.6 Å². The van der Waals surface area contributed by atoms with Crippen LogP contribution in [0.1, 0.15) is 33.6 Å². The molecule has 2 aromatic rings. The van der Waals surface area contributed by atoms with Crippen LogP contribution in [0.2, 0.25) is 0 Å². The summed E-state index contributed by atoms with van der Waals surface area (Å²) in [6.07, 6.45) is 1.47. The van der Waals surface area contributed by atoms with Crippen molar-refractivity contribution in [2.24, 2.45) is 0 Å². The average molecular weight is 324 g/mol. The van der Waals surface area contributed by atoms with Crippen molar-refractivity contribution in [2.45, 2.75) is 52.7 Å². The van der Waals surface area contributed by atoms with Gasteiger partial charge >= 0.3 is 5.69 Å². The van der Waals surface area contributed by atoms with Gasteiger partial charge in [0.2, 0.25) is 5.91 Å². The zero-order valence-corrected chi connectivity index (χ0v) is 13.8. The second-order valence-corrected chi connectivity index (χ2v) is 5.88. The molecule has 1 amide bonds. The summed E-state index contributed by atoms with van der Waals surface area (Å²) < 4.78 is 6.54. The van der Waals surface area contributed by atoms with E-state index in [4.69, 9.17) is 0 Å². The van der Waals surface area contributed by atoms with Crippen molar-refractivity contribution in [1.82, 2.24) is 18.8 Å². The highest BCUT2D eigenvalue weighted by atomic mass is 32.1. The molecule has 8 heteroatoms. The van der Waals surface area contributed by atoms with Crippen molar-refractivity contribution in [1.29, 1.82) is 0 Å². The molecule has 22 heavy (non-hydrogen) atoms. The third-order valence-electron chi connectivity index (χ3n) is 3.52. The molecule has 0 unspecified atom stereocenters. The van der Waals surface area contributed by atoms with Gasteiger partial charge in [0.25, 0.3) is 5.56 Å².